The Bertz CT molecular complexity index is 161. The second kappa shape index (κ2) is 5.90. The van der Waals surface area contributed by atoms with E-state index in [0.29, 0.717) is 0 Å². The molecule has 5 nitrogen and oxygen atoms in total. The number of nitrogens with zero attached hydrogens (tertiary/aromatic N) is 1. The minimum absolute atomic E-state index is 0.185. The van der Waals surface area contributed by atoms with Gasteiger partial charge in [0.2, 0.25) is 5.91 Å². The molecule has 0 aromatic heterocycles. The Morgan fingerprint density at radius 2 is 2.23 bits per heavy atom. The third-order valence-corrected chi connectivity index (χ3v) is 1.61. The molecule has 0 aromatic rings. The zero-order valence-electron chi connectivity index (χ0n) is 8.36. The molecule has 3 N–H and O–H groups in total. The predicted molar refractivity (Wildman–Crippen MR) is 49.2 cm³/mol. The van der Waals surface area contributed by atoms with E-state index >= 15 is 0 Å². The van der Waals surface area contributed by atoms with Crippen LogP contribution in [0.3, 0.4) is 0 Å². The number of aliphatic hydroxyl groups excluding tert-OH is 1. The summed E-state index contributed by atoms with van der Waals surface area (Å²) in [4.78, 5) is 12.6. The minimum Gasteiger partial charge on any atom is -0.389 e. The zero-order valence-corrected chi connectivity index (χ0v) is 8.36. The Labute approximate surface area is 78.5 Å². The number of carbonyl (C=O) groups excluding carboxylic acids is 1. The topological polar surface area (TPSA) is 75.8 Å². The van der Waals surface area contributed by atoms with Crippen LogP contribution in [0.2, 0.25) is 0 Å². The molecule has 0 aliphatic rings. The van der Waals surface area contributed by atoms with Crippen LogP contribution in [-0.2, 0) is 9.53 Å². The van der Waals surface area contributed by atoms with Crippen LogP contribution in [0.1, 0.15) is 6.92 Å². The van der Waals surface area contributed by atoms with Gasteiger partial charge >= 0.3 is 0 Å². The Kier molecular flexibility index (Phi) is 5.61. The molecule has 13 heavy (non-hydrogen) atoms. The van der Waals surface area contributed by atoms with E-state index in [9.17, 15) is 9.90 Å². The molecule has 5 heteroatoms. The molecule has 0 fully saturated rings. The summed E-state index contributed by atoms with van der Waals surface area (Å²) in [5, 5.41) is 9.29. The first-order valence-corrected chi connectivity index (χ1v) is 4.16. The molecule has 0 spiro atoms. The first kappa shape index (κ1) is 12.3. The molecule has 0 radical (unpaired) electrons. The molecule has 0 saturated carbocycles. The predicted octanol–water partition coefficient (Wildman–Crippen LogP) is -1.20. The molecule has 2 atom stereocenters. The maximum Gasteiger partial charge on any atom is 0.239 e. The third kappa shape index (κ3) is 4.82. The molecule has 0 aliphatic carbocycles. The van der Waals surface area contributed by atoms with Gasteiger partial charge in [0.15, 0.2) is 0 Å². The van der Waals surface area contributed by atoms with Crippen LogP contribution < -0.4 is 5.73 Å². The molecule has 0 saturated heterocycles. The van der Waals surface area contributed by atoms with Gasteiger partial charge in [0.05, 0.1) is 18.8 Å². The molecule has 0 bridgehead atoms. The van der Waals surface area contributed by atoms with Gasteiger partial charge < -0.3 is 20.5 Å². The summed E-state index contributed by atoms with van der Waals surface area (Å²) in [5.74, 6) is -0.185. The Morgan fingerprint density at radius 3 is 2.62 bits per heavy atom. The third-order valence-electron chi connectivity index (χ3n) is 1.61. The van der Waals surface area contributed by atoms with Gasteiger partial charge in [0.25, 0.3) is 0 Å². The van der Waals surface area contributed by atoms with Crippen molar-refractivity contribution >= 4 is 5.91 Å². The van der Waals surface area contributed by atoms with E-state index in [0.717, 1.165) is 0 Å². The molecule has 1 amide bonds. The van der Waals surface area contributed by atoms with Gasteiger partial charge in [-0.2, -0.15) is 0 Å². The second-order valence-corrected chi connectivity index (χ2v) is 3.12. The van der Waals surface area contributed by atoms with Crippen LogP contribution >= 0.6 is 0 Å². The molecular formula is C8H18N2O3. The van der Waals surface area contributed by atoms with Crippen LogP contribution in [0.15, 0.2) is 0 Å². The summed E-state index contributed by atoms with van der Waals surface area (Å²) < 4.78 is 4.73. The van der Waals surface area contributed by atoms with Crippen molar-refractivity contribution in [3.63, 3.8) is 0 Å². The van der Waals surface area contributed by atoms with E-state index in [4.69, 9.17) is 10.5 Å². The van der Waals surface area contributed by atoms with Crippen LogP contribution in [0.4, 0.5) is 0 Å². The van der Waals surface area contributed by atoms with Gasteiger partial charge in [-0.15, -0.1) is 0 Å². The molecular weight excluding hydrogens is 172 g/mol. The highest BCUT2D eigenvalue weighted by atomic mass is 16.5. The van der Waals surface area contributed by atoms with Crippen LogP contribution in [0.25, 0.3) is 0 Å². The van der Waals surface area contributed by atoms with E-state index in [1.807, 2.05) is 0 Å². The van der Waals surface area contributed by atoms with Crippen molar-refractivity contribution in [3.8, 4) is 0 Å². The van der Waals surface area contributed by atoms with Gasteiger partial charge in [0, 0.05) is 20.7 Å². The number of hydrogen-bond donors (Lipinski definition) is 2. The van der Waals surface area contributed by atoms with Crippen molar-refractivity contribution < 1.29 is 14.6 Å². The highest BCUT2D eigenvalue weighted by molar-refractivity contribution is 5.80. The average molecular weight is 190 g/mol. The fraction of sp³-hybridized carbons (Fsp3) is 0.875. The van der Waals surface area contributed by atoms with E-state index in [1.165, 1.54) is 12.0 Å². The molecule has 78 valence electrons. The Morgan fingerprint density at radius 1 is 1.69 bits per heavy atom. The first-order chi connectivity index (χ1) is 5.99. The maximum atomic E-state index is 11.2. The lowest BCUT2D eigenvalue weighted by molar-refractivity contribution is -0.132. The Balaban J connectivity index is 3.85. The summed E-state index contributed by atoms with van der Waals surface area (Å²) in [6.45, 7) is 2.08. The molecule has 0 heterocycles. The summed E-state index contributed by atoms with van der Waals surface area (Å²) in [7, 11) is 3.10. The van der Waals surface area contributed by atoms with Crippen LogP contribution in [0, 0.1) is 0 Å². The fourth-order valence-corrected chi connectivity index (χ4v) is 0.999. The highest BCUT2D eigenvalue weighted by Crippen LogP contribution is 1.93. The SMILES string of the molecule is COCC(O)CN(C)C(=O)C(C)N. The number of hydrogen-bond acceptors (Lipinski definition) is 4. The summed E-state index contributed by atoms with van der Waals surface area (Å²) in [5.41, 5.74) is 5.38. The van der Waals surface area contributed by atoms with Gasteiger partial charge in [0.1, 0.15) is 0 Å². The van der Waals surface area contributed by atoms with E-state index in [1.54, 1.807) is 14.0 Å². The van der Waals surface area contributed by atoms with Crippen LogP contribution in [-0.4, -0.2) is 55.4 Å². The van der Waals surface area contributed by atoms with E-state index in [-0.39, 0.29) is 19.1 Å². The first-order valence-electron chi connectivity index (χ1n) is 4.16. The van der Waals surface area contributed by atoms with Gasteiger partial charge in [-0.05, 0) is 6.92 Å². The van der Waals surface area contributed by atoms with Crippen LogP contribution in [0.5, 0.6) is 0 Å². The number of carbonyl (C=O) groups is 1. The minimum atomic E-state index is -0.655. The molecule has 0 aliphatic heterocycles. The van der Waals surface area contributed by atoms with Crippen molar-refractivity contribution in [1.29, 1.82) is 0 Å². The quantitative estimate of drug-likeness (QED) is 0.571. The lowest BCUT2D eigenvalue weighted by atomic mass is 10.3. The van der Waals surface area contributed by atoms with Crippen molar-refractivity contribution in [2.75, 3.05) is 27.3 Å². The number of likely N-dealkylation sites (N-methyl/N-ethyl adjacent to an activating group) is 1. The molecule has 2 unspecified atom stereocenters. The monoisotopic (exact) mass is 190 g/mol. The number of aliphatic hydroxyl groups is 1. The molecule has 0 aromatic carbocycles. The van der Waals surface area contributed by atoms with Crippen molar-refractivity contribution in [1.82, 2.24) is 4.90 Å². The number of rotatable bonds is 5. The smallest absolute Gasteiger partial charge is 0.239 e. The summed E-state index contributed by atoms with van der Waals surface area (Å²) in [6, 6.07) is -0.528. The van der Waals surface area contributed by atoms with Gasteiger partial charge in [-0.25, -0.2) is 0 Å². The number of nitrogens with two attached hydrogens (primary N) is 1. The fourth-order valence-electron chi connectivity index (χ4n) is 0.999. The van der Waals surface area contributed by atoms with E-state index < -0.39 is 12.1 Å². The number of amides is 1. The van der Waals surface area contributed by atoms with E-state index in [2.05, 4.69) is 0 Å². The summed E-state index contributed by atoms with van der Waals surface area (Å²) >= 11 is 0. The number of ether oxygens (including phenoxy) is 1. The van der Waals surface area contributed by atoms with Crippen molar-refractivity contribution in [2.24, 2.45) is 5.73 Å². The normalized spacial score (nSPS) is 15.2. The summed E-state index contributed by atoms with van der Waals surface area (Å²) in [6.07, 6.45) is -0.655. The van der Waals surface area contributed by atoms with Gasteiger partial charge in [-0.3, -0.25) is 4.79 Å². The number of methoxy groups -OCH3 is 1. The van der Waals surface area contributed by atoms with Gasteiger partial charge in [-0.1, -0.05) is 0 Å². The zero-order chi connectivity index (χ0) is 10.4. The lowest BCUT2D eigenvalue weighted by Crippen LogP contribution is -2.43. The van der Waals surface area contributed by atoms with Crippen molar-refractivity contribution in [2.45, 2.75) is 19.1 Å². The average Bonchev–Trinajstić information content (AvgIpc) is 2.03. The second-order valence-electron chi connectivity index (χ2n) is 3.12. The lowest BCUT2D eigenvalue weighted by Gasteiger charge is -2.21. The maximum absolute atomic E-state index is 11.2. The Hall–Kier alpha value is -0.650. The molecule has 0 rings (SSSR count). The largest absolute Gasteiger partial charge is 0.389 e. The standard InChI is InChI=1S/C8H18N2O3/c1-6(9)8(12)10(2)4-7(11)5-13-3/h6-7,11H,4-5,9H2,1-3H3. The van der Waals surface area contributed by atoms with Crippen molar-refractivity contribution in [3.05, 3.63) is 0 Å². The highest BCUT2D eigenvalue weighted by Gasteiger charge is 2.16.